The van der Waals surface area contributed by atoms with Gasteiger partial charge in [-0.05, 0) is 56.1 Å². The lowest BCUT2D eigenvalue weighted by Crippen LogP contribution is -2.62. The summed E-state index contributed by atoms with van der Waals surface area (Å²) in [6.07, 6.45) is 4.70. The lowest BCUT2D eigenvalue weighted by Gasteiger charge is -2.60. The van der Waals surface area contributed by atoms with Crippen molar-refractivity contribution < 1.29 is 53.0 Å². The van der Waals surface area contributed by atoms with Gasteiger partial charge < -0.3 is 24.7 Å². The molecule has 0 aromatic carbocycles. The molecule has 37 heavy (non-hydrogen) atoms. The summed E-state index contributed by atoms with van der Waals surface area (Å²) in [6.45, 7) is 2.85. The molecule has 0 bridgehead atoms. The molecule has 4 N–H and O–H groups in total. The van der Waals surface area contributed by atoms with Crippen molar-refractivity contribution in [2.75, 3.05) is 6.61 Å². The Labute approximate surface area is 214 Å². The van der Waals surface area contributed by atoms with Crippen molar-refractivity contribution in [2.24, 2.45) is 28.6 Å². The zero-order valence-electron chi connectivity index (χ0n) is 20.8. The molecule has 0 aliphatic heterocycles. The van der Waals surface area contributed by atoms with Crippen LogP contribution < -0.4 is 0 Å². The summed E-state index contributed by atoms with van der Waals surface area (Å²) in [5, 5.41) is 20.2. The van der Waals surface area contributed by atoms with Gasteiger partial charge in [0, 0.05) is 16.7 Å². The molecule has 0 aromatic heterocycles. The third-order valence-electron chi connectivity index (χ3n) is 9.25. The SMILES string of the molecule is C[C@]12C=CC(=O)C=C1CC[C@@H]1[C@@H]2[C@@H](O)C[C@@]2(C)[C@H]1CC[C@]2(OP(=O)(O)O)C(=O)COC(=O)CCC(=O)O. The van der Waals surface area contributed by atoms with Crippen LogP contribution in [-0.2, 0) is 33.0 Å². The molecule has 4 aliphatic rings. The topological polar surface area (TPSA) is 185 Å². The number of carboxylic acids is 1. The Bertz CT molecular complexity index is 1120. The van der Waals surface area contributed by atoms with E-state index in [-0.39, 0.29) is 36.4 Å². The van der Waals surface area contributed by atoms with Crippen molar-refractivity contribution in [3.05, 3.63) is 23.8 Å². The molecule has 0 saturated heterocycles. The van der Waals surface area contributed by atoms with Gasteiger partial charge in [-0.1, -0.05) is 25.5 Å². The summed E-state index contributed by atoms with van der Waals surface area (Å²) in [4.78, 5) is 67.8. The quantitative estimate of drug-likeness (QED) is 0.261. The zero-order chi connectivity index (χ0) is 27.4. The normalized spacial score (nSPS) is 38.7. The van der Waals surface area contributed by atoms with Crippen molar-refractivity contribution in [1.82, 2.24) is 0 Å². The number of carbonyl (C=O) groups is 4. The molecule has 3 fully saturated rings. The highest BCUT2D eigenvalue weighted by Crippen LogP contribution is 2.69. The number of Topliss-reactive ketones (excluding diaryl/α,β-unsaturated/α-hetero) is 1. The number of aliphatic hydroxyl groups excluding tert-OH is 1. The first kappa shape index (κ1) is 27.9. The molecule has 0 unspecified atom stereocenters. The molecule has 11 nitrogen and oxygen atoms in total. The lowest BCUT2D eigenvalue weighted by atomic mass is 9.46. The molecule has 12 heteroatoms. The Balaban J connectivity index is 1.65. The summed E-state index contributed by atoms with van der Waals surface area (Å²) in [6, 6.07) is 0. The summed E-state index contributed by atoms with van der Waals surface area (Å²) < 4.78 is 22.3. The fraction of sp³-hybridized carbons (Fsp3) is 0.680. The van der Waals surface area contributed by atoms with Gasteiger partial charge >= 0.3 is 19.8 Å². The maximum Gasteiger partial charge on any atom is 0.470 e. The number of hydrogen-bond donors (Lipinski definition) is 4. The first-order chi connectivity index (χ1) is 17.1. The van der Waals surface area contributed by atoms with Crippen LogP contribution in [0.25, 0.3) is 0 Å². The van der Waals surface area contributed by atoms with Crippen LogP contribution in [0.1, 0.15) is 58.8 Å². The number of ketones is 2. The van der Waals surface area contributed by atoms with Gasteiger partial charge in [0.25, 0.3) is 0 Å². The van der Waals surface area contributed by atoms with E-state index in [4.69, 9.17) is 14.4 Å². The summed E-state index contributed by atoms with van der Waals surface area (Å²) in [5.41, 5.74) is -2.80. The number of aliphatic hydroxyl groups is 1. The van der Waals surface area contributed by atoms with Gasteiger partial charge in [-0.3, -0.25) is 23.7 Å². The number of phosphoric acid groups is 1. The molecule has 204 valence electrons. The number of carboxylic acid groups (broad SMARTS) is 1. The Morgan fingerprint density at radius 3 is 2.51 bits per heavy atom. The van der Waals surface area contributed by atoms with Crippen LogP contribution in [0.2, 0.25) is 0 Å². The second-order valence-corrected chi connectivity index (χ2v) is 12.3. The Morgan fingerprint density at radius 1 is 1.16 bits per heavy atom. The van der Waals surface area contributed by atoms with Gasteiger partial charge in [0.2, 0.25) is 5.78 Å². The molecule has 7 atom stereocenters. The van der Waals surface area contributed by atoms with E-state index < -0.39 is 67.5 Å². The van der Waals surface area contributed by atoms with E-state index >= 15 is 0 Å². The highest BCUT2D eigenvalue weighted by atomic mass is 31.2. The fourth-order valence-corrected chi connectivity index (χ4v) is 8.53. The third kappa shape index (κ3) is 4.76. The molecule has 4 aliphatic carbocycles. The van der Waals surface area contributed by atoms with Gasteiger partial charge in [0.15, 0.2) is 12.4 Å². The minimum Gasteiger partial charge on any atom is -0.481 e. The average molecular weight is 541 g/mol. The van der Waals surface area contributed by atoms with Crippen LogP contribution in [0.5, 0.6) is 0 Å². The summed E-state index contributed by atoms with van der Waals surface area (Å²) in [7, 11) is -5.19. The summed E-state index contributed by atoms with van der Waals surface area (Å²) >= 11 is 0. The predicted octanol–water partition coefficient (Wildman–Crippen LogP) is 2.09. The van der Waals surface area contributed by atoms with E-state index in [2.05, 4.69) is 0 Å². The van der Waals surface area contributed by atoms with Crippen LogP contribution in [0, 0.1) is 28.6 Å². The molecular weight excluding hydrogens is 507 g/mol. The smallest absolute Gasteiger partial charge is 0.470 e. The van der Waals surface area contributed by atoms with E-state index in [9.17, 15) is 38.6 Å². The van der Waals surface area contributed by atoms with Gasteiger partial charge in [0.1, 0.15) is 5.60 Å². The Kier molecular flexibility index (Phi) is 7.18. The van der Waals surface area contributed by atoms with Crippen molar-refractivity contribution in [2.45, 2.75) is 70.5 Å². The first-order valence-electron chi connectivity index (χ1n) is 12.4. The molecule has 0 amide bonds. The average Bonchev–Trinajstić information content (AvgIpc) is 3.07. The maximum absolute atomic E-state index is 13.5. The minimum absolute atomic E-state index is 0.0161. The van der Waals surface area contributed by atoms with E-state index in [1.165, 1.54) is 6.08 Å². The number of hydrogen-bond acceptors (Lipinski definition) is 8. The fourth-order valence-electron chi connectivity index (χ4n) is 7.72. The van der Waals surface area contributed by atoms with Gasteiger partial charge in [-0.15, -0.1) is 0 Å². The molecular formula is C25H33O11P. The standard InChI is InChI=1S/C25H33O11P/c1-23-9-7-15(26)11-14(23)3-4-16-17-8-10-25(36-37(32,33)34,24(17,2)12-18(27)22(16)23)19(28)13-35-21(31)6-5-20(29)30/h7,9,11,16-18,22,27H,3-6,8,10,12-13H2,1-2H3,(H,29,30)(H2,32,33,34)/t16-,17-,18-,22+,23-,24-,25-/m0/s1. The second-order valence-electron chi connectivity index (χ2n) is 11.1. The Morgan fingerprint density at radius 2 is 1.86 bits per heavy atom. The molecule has 0 radical (unpaired) electrons. The van der Waals surface area contributed by atoms with Crippen LogP contribution in [-0.4, -0.2) is 61.8 Å². The first-order valence-corrected chi connectivity index (χ1v) is 14.0. The zero-order valence-corrected chi connectivity index (χ0v) is 21.7. The van der Waals surface area contributed by atoms with E-state index in [0.717, 1.165) is 5.57 Å². The molecule has 4 rings (SSSR count). The van der Waals surface area contributed by atoms with E-state index in [0.29, 0.717) is 19.3 Å². The highest BCUT2D eigenvalue weighted by Gasteiger charge is 2.70. The van der Waals surface area contributed by atoms with E-state index in [1.54, 1.807) is 13.0 Å². The number of aliphatic carboxylic acids is 1. The summed E-state index contributed by atoms with van der Waals surface area (Å²) in [5.74, 6) is -3.67. The minimum atomic E-state index is -5.19. The van der Waals surface area contributed by atoms with Crippen molar-refractivity contribution >= 4 is 31.3 Å². The lowest BCUT2D eigenvalue weighted by molar-refractivity contribution is -0.178. The van der Waals surface area contributed by atoms with Crippen LogP contribution in [0.15, 0.2) is 23.8 Å². The second kappa shape index (κ2) is 9.54. The third-order valence-corrected chi connectivity index (χ3v) is 9.80. The number of phosphoric ester groups is 1. The van der Waals surface area contributed by atoms with Crippen LogP contribution >= 0.6 is 7.82 Å². The highest BCUT2D eigenvalue weighted by molar-refractivity contribution is 7.46. The number of fused-ring (bicyclic) bond motifs is 5. The monoisotopic (exact) mass is 540 g/mol. The number of allylic oxidation sites excluding steroid dienone is 4. The number of carbonyl (C=O) groups excluding carboxylic acids is 3. The van der Waals surface area contributed by atoms with Gasteiger partial charge in [-0.25, -0.2) is 4.57 Å². The van der Waals surface area contributed by atoms with E-state index in [1.807, 2.05) is 13.0 Å². The van der Waals surface area contributed by atoms with Crippen molar-refractivity contribution in [3.63, 3.8) is 0 Å². The largest absolute Gasteiger partial charge is 0.481 e. The number of ether oxygens (including phenoxy) is 1. The molecule has 0 spiro atoms. The molecule has 0 aromatic rings. The molecule has 3 saturated carbocycles. The van der Waals surface area contributed by atoms with Crippen molar-refractivity contribution in [1.29, 1.82) is 0 Å². The maximum atomic E-state index is 13.5. The predicted molar refractivity (Wildman–Crippen MR) is 127 cm³/mol. The van der Waals surface area contributed by atoms with Gasteiger partial charge in [0.05, 0.1) is 18.9 Å². The van der Waals surface area contributed by atoms with Gasteiger partial charge in [-0.2, -0.15) is 0 Å². The number of esters is 1. The van der Waals surface area contributed by atoms with Crippen molar-refractivity contribution in [3.8, 4) is 0 Å². The number of rotatable bonds is 8. The Hall–Kier alpha value is -2.17. The van der Waals surface area contributed by atoms with Crippen LogP contribution in [0.3, 0.4) is 0 Å². The molecule has 0 heterocycles. The van der Waals surface area contributed by atoms with Crippen LogP contribution in [0.4, 0.5) is 0 Å².